The van der Waals surface area contributed by atoms with Gasteiger partial charge in [-0.15, -0.1) is 0 Å². The van der Waals surface area contributed by atoms with E-state index in [1.165, 1.54) is 17.7 Å². The molecule has 0 saturated heterocycles. The first kappa shape index (κ1) is 10.7. The summed E-state index contributed by atoms with van der Waals surface area (Å²) < 4.78 is 6.39. The zero-order valence-electron chi connectivity index (χ0n) is 9.21. The zero-order valence-corrected chi connectivity index (χ0v) is 10.8. The van der Waals surface area contributed by atoms with Crippen molar-refractivity contribution in [2.24, 2.45) is 0 Å². The molecule has 1 aliphatic carbocycles. The Kier molecular flexibility index (Phi) is 2.57. The van der Waals surface area contributed by atoms with E-state index >= 15 is 0 Å². The zero-order chi connectivity index (χ0) is 11.2. The van der Waals surface area contributed by atoms with Crippen molar-refractivity contribution in [2.45, 2.75) is 36.4 Å². The fourth-order valence-corrected chi connectivity index (χ4v) is 3.77. The number of aromatic nitrogens is 2. The minimum absolute atomic E-state index is 0.185. The highest BCUT2D eigenvalue weighted by Crippen LogP contribution is 2.43. The number of fused-ring (bicyclic) bond motifs is 1. The van der Waals surface area contributed by atoms with Gasteiger partial charge in [-0.05, 0) is 19.3 Å². The van der Waals surface area contributed by atoms with Gasteiger partial charge in [0.05, 0.1) is 0 Å². The minimum atomic E-state index is -0.185. The molecule has 0 atom stereocenters. The summed E-state index contributed by atoms with van der Waals surface area (Å²) in [6.07, 6.45) is 3.31. The number of methoxy groups -OCH3 is 1. The molecule has 1 aromatic rings. The second-order valence-electron chi connectivity index (χ2n) is 4.39. The van der Waals surface area contributed by atoms with Crippen LogP contribution in [0.4, 0.5) is 0 Å². The van der Waals surface area contributed by atoms with Crippen molar-refractivity contribution in [2.75, 3.05) is 7.11 Å². The summed E-state index contributed by atoms with van der Waals surface area (Å²) in [4.78, 5) is 7.97. The molecule has 5 heteroatoms. The molecule has 0 aromatic carbocycles. The molecule has 0 unspecified atom stereocenters. The summed E-state index contributed by atoms with van der Waals surface area (Å²) in [6.45, 7) is 0. The summed E-state index contributed by atoms with van der Waals surface area (Å²) in [5.74, 6) is 2.96. The standard InChI is InChI=1S/C11H14N2OS2/c1-14-11(3-2-4-11)10-12-8-6-16-5-7(8)9(15)13-10/h2-6H2,1H3,(H,12,13,15). The molecule has 0 radical (unpaired) electrons. The maximum Gasteiger partial charge on any atom is 0.140 e. The lowest BCUT2D eigenvalue weighted by molar-refractivity contribution is -0.0848. The third-order valence-corrected chi connectivity index (χ3v) is 4.90. The van der Waals surface area contributed by atoms with Crippen LogP contribution in [-0.4, -0.2) is 17.1 Å². The fraction of sp³-hybridized carbons (Fsp3) is 0.636. The maximum atomic E-state index is 5.63. The van der Waals surface area contributed by atoms with Crippen molar-refractivity contribution >= 4 is 24.0 Å². The molecule has 0 amide bonds. The van der Waals surface area contributed by atoms with Crippen LogP contribution >= 0.6 is 24.0 Å². The van der Waals surface area contributed by atoms with E-state index in [4.69, 9.17) is 17.0 Å². The van der Waals surface area contributed by atoms with Gasteiger partial charge in [-0.3, -0.25) is 0 Å². The Morgan fingerprint density at radius 2 is 2.25 bits per heavy atom. The first-order chi connectivity index (χ1) is 7.75. The Morgan fingerprint density at radius 1 is 1.44 bits per heavy atom. The van der Waals surface area contributed by atoms with Crippen molar-refractivity contribution in [1.29, 1.82) is 0 Å². The largest absolute Gasteiger partial charge is 0.370 e. The Labute approximate surface area is 104 Å². The van der Waals surface area contributed by atoms with E-state index in [1.807, 2.05) is 11.8 Å². The number of H-pyrrole nitrogens is 1. The van der Waals surface area contributed by atoms with E-state index in [0.717, 1.165) is 34.8 Å². The van der Waals surface area contributed by atoms with Crippen LogP contribution in [-0.2, 0) is 21.8 Å². The van der Waals surface area contributed by atoms with Gasteiger partial charge in [0.15, 0.2) is 0 Å². The lowest BCUT2D eigenvalue weighted by Crippen LogP contribution is -2.38. The van der Waals surface area contributed by atoms with E-state index in [9.17, 15) is 0 Å². The number of nitrogens with zero attached hydrogens (tertiary/aromatic N) is 1. The predicted molar refractivity (Wildman–Crippen MR) is 67.0 cm³/mol. The summed E-state index contributed by atoms with van der Waals surface area (Å²) in [7, 11) is 1.76. The molecule has 2 aliphatic rings. The maximum absolute atomic E-state index is 5.63. The lowest BCUT2D eigenvalue weighted by atomic mass is 9.79. The Hall–Kier alpha value is -0.390. The topological polar surface area (TPSA) is 37.9 Å². The van der Waals surface area contributed by atoms with Crippen molar-refractivity contribution in [3.05, 3.63) is 21.7 Å². The number of thioether (sulfide) groups is 1. The van der Waals surface area contributed by atoms with E-state index < -0.39 is 0 Å². The molecule has 3 nitrogen and oxygen atoms in total. The quantitative estimate of drug-likeness (QED) is 0.824. The number of hydrogen-bond acceptors (Lipinski definition) is 4. The molecule has 1 fully saturated rings. The van der Waals surface area contributed by atoms with Gasteiger partial charge in [-0.1, -0.05) is 12.2 Å². The van der Waals surface area contributed by atoms with Crippen molar-refractivity contribution in [1.82, 2.24) is 9.97 Å². The molecule has 0 bridgehead atoms. The number of aromatic amines is 1. The van der Waals surface area contributed by atoms with E-state index in [-0.39, 0.29) is 5.60 Å². The summed E-state index contributed by atoms with van der Waals surface area (Å²) in [6, 6.07) is 0. The van der Waals surface area contributed by atoms with Crippen LogP contribution in [0.3, 0.4) is 0 Å². The molecule has 16 heavy (non-hydrogen) atoms. The first-order valence-corrected chi connectivity index (χ1v) is 7.07. The normalized spacial score (nSPS) is 21.6. The smallest absolute Gasteiger partial charge is 0.140 e. The number of rotatable bonds is 2. The third kappa shape index (κ3) is 1.45. The molecular weight excluding hydrogens is 240 g/mol. The highest BCUT2D eigenvalue weighted by atomic mass is 32.2. The monoisotopic (exact) mass is 254 g/mol. The van der Waals surface area contributed by atoms with E-state index in [1.54, 1.807) is 7.11 Å². The Bertz CT molecular complexity index is 474. The number of hydrogen-bond donors (Lipinski definition) is 1. The molecule has 2 heterocycles. The summed E-state index contributed by atoms with van der Waals surface area (Å²) >= 11 is 7.25. The van der Waals surface area contributed by atoms with Crippen LogP contribution in [0.1, 0.15) is 36.3 Å². The average molecular weight is 254 g/mol. The summed E-state index contributed by atoms with van der Waals surface area (Å²) in [5.41, 5.74) is 2.29. The van der Waals surface area contributed by atoms with Crippen molar-refractivity contribution in [3.63, 3.8) is 0 Å². The predicted octanol–water partition coefficient (Wildman–Crippen LogP) is 2.91. The van der Waals surface area contributed by atoms with Gasteiger partial charge in [0.1, 0.15) is 16.1 Å². The van der Waals surface area contributed by atoms with Crippen molar-refractivity contribution < 1.29 is 4.74 Å². The molecule has 0 spiro atoms. The Balaban J connectivity index is 2.09. The van der Waals surface area contributed by atoms with E-state index in [0.29, 0.717) is 0 Å². The molecular formula is C11H14N2OS2. The number of nitrogens with one attached hydrogen (secondary N) is 1. The fourth-order valence-electron chi connectivity index (χ4n) is 2.32. The van der Waals surface area contributed by atoms with Gasteiger partial charge in [-0.2, -0.15) is 11.8 Å². The highest BCUT2D eigenvalue weighted by molar-refractivity contribution is 7.98. The van der Waals surface area contributed by atoms with Crippen LogP contribution in [0.25, 0.3) is 0 Å². The minimum Gasteiger partial charge on any atom is -0.370 e. The molecule has 86 valence electrons. The van der Waals surface area contributed by atoms with Crippen LogP contribution in [0.2, 0.25) is 0 Å². The van der Waals surface area contributed by atoms with Crippen LogP contribution < -0.4 is 0 Å². The van der Waals surface area contributed by atoms with E-state index in [2.05, 4.69) is 9.97 Å². The van der Waals surface area contributed by atoms with Gasteiger partial charge in [0, 0.05) is 29.9 Å². The van der Waals surface area contributed by atoms with Crippen LogP contribution in [0.5, 0.6) is 0 Å². The van der Waals surface area contributed by atoms with Gasteiger partial charge in [0.2, 0.25) is 0 Å². The number of ether oxygens (including phenoxy) is 1. The molecule has 1 saturated carbocycles. The Morgan fingerprint density at radius 3 is 2.88 bits per heavy atom. The third-order valence-electron chi connectivity index (χ3n) is 3.58. The molecule has 3 rings (SSSR count). The van der Waals surface area contributed by atoms with Crippen LogP contribution in [0, 0.1) is 4.64 Å². The van der Waals surface area contributed by atoms with Crippen molar-refractivity contribution in [3.8, 4) is 0 Å². The highest BCUT2D eigenvalue weighted by Gasteiger charge is 2.41. The van der Waals surface area contributed by atoms with Gasteiger partial charge < -0.3 is 9.72 Å². The second kappa shape index (κ2) is 3.82. The van der Waals surface area contributed by atoms with Gasteiger partial charge in [-0.25, -0.2) is 4.98 Å². The molecule has 1 aromatic heterocycles. The average Bonchev–Trinajstić information content (AvgIpc) is 2.65. The lowest BCUT2D eigenvalue weighted by Gasteiger charge is -2.39. The van der Waals surface area contributed by atoms with Gasteiger partial charge in [0.25, 0.3) is 0 Å². The first-order valence-electron chi connectivity index (χ1n) is 5.51. The van der Waals surface area contributed by atoms with Crippen LogP contribution in [0.15, 0.2) is 0 Å². The molecule has 1 N–H and O–H groups in total. The second-order valence-corrected chi connectivity index (χ2v) is 5.76. The van der Waals surface area contributed by atoms with Gasteiger partial charge >= 0.3 is 0 Å². The summed E-state index contributed by atoms with van der Waals surface area (Å²) in [5, 5.41) is 0. The molecule has 1 aliphatic heterocycles. The SMILES string of the molecule is COC1(c2nc(=S)c3c([nH]2)CSC3)CCC1.